The van der Waals surface area contributed by atoms with E-state index in [1.54, 1.807) is 24.8 Å². The highest BCUT2D eigenvalue weighted by Crippen LogP contribution is 2.08. The monoisotopic (exact) mass is 274 g/mol. The average Bonchev–Trinajstić information content (AvgIpc) is 2.46. The Labute approximate surface area is 117 Å². The fourth-order valence-electron chi connectivity index (χ4n) is 1.56. The van der Waals surface area contributed by atoms with E-state index in [1.165, 1.54) is 0 Å². The van der Waals surface area contributed by atoms with E-state index >= 15 is 0 Å². The predicted octanol–water partition coefficient (Wildman–Crippen LogP) is 0.00360. The van der Waals surface area contributed by atoms with E-state index < -0.39 is 0 Å². The maximum Gasteiger partial charge on any atom is 0.225 e. The number of rotatable bonds is 5. The SMILES string of the molecule is CN(CCN(C)c1ncc(N)cn1)c1ncc(N)cn1. The predicted molar refractivity (Wildman–Crippen MR) is 79.4 cm³/mol. The summed E-state index contributed by atoms with van der Waals surface area (Å²) in [5.74, 6) is 1.26. The van der Waals surface area contributed by atoms with Gasteiger partial charge < -0.3 is 21.3 Å². The van der Waals surface area contributed by atoms with E-state index in [-0.39, 0.29) is 0 Å². The van der Waals surface area contributed by atoms with Crippen molar-refractivity contribution in [1.29, 1.82) is 0 Å². The van der Waals surface area contributed by atoms with Gasteiger partial charge in [-0.25, -0.2) is 19.9 Å². The van der Waals surface area contributed by atoms with Crippen molar-refractivity contribution in [1.82, 2.24) is 19.9 Å². The van der Waals surface area contributed by atoms with Crippen LogP contribution in [0.4, 0.5) is 23.3 Å². The number of nitrogen functional groups attached to an aromatic ring is 2. The van der Waals surface area contributed by atoms with Gasteiger partial charge >= 0.3 is 0 Å². The number of likely N-dealkylation sites (N-methyl/N-ethyl adjacent to an activating group) is 2. The Morgan fingerprint density at radius 3 is 1.35 bits per heavy atom. The van der Waals surface area contributed by atoms with E-state index in [0.29, 0.717) is 23.3 Å². The molecule has 0 aliphatic rings. The first kappa shape index (κ1) is 13.8. The molecule has 0 aliphatic heterocycles. The van der Waals surface area contributed by atoms with Gasteiger partial charge in [0.15, 0.2) is 0 Å². The maximum atomic E-state index is 5.56. The molecule has 0 aliphatic carbocycles. The first-order valence-electron chi connectivity index (χ1n) is 6.13. The molecular formula is C12H18N8. The second kappa shape index (κ2) is 6.00. The molecule has 0 saturated heterocycles. The zero-order valence-electron chi connectivity index (χ0n) is 11.6. The molecule has 8 nitrogen and oxygen atoms in total. The molecule has 4 N–H and O–H groups in total. The minimum absolute atomic E-state index is 0.551. The summed E-state index contributed by atoms with van der Waals surface area (Å²) in [6.45, 7) is 1.46. The summed E-state index contributed by atoms with van der Waals surface area (Å²) in [7, 11) is 3.84. The number of hydrogen-bond donors (Lipinski definition) is 2. The van der Waals surface area contributed by atoms with Crippen LogP contribution in [0.15, 0.2) is 24.8 Å². The van der Waals surface area contributed by atoms with Crippen LogP contribution in [0, 0.1) is 0 Å². The standard InChI is InChI=1S/C12H18N8/c1-19(11-15-5-9(13)6-16-11)3-4-20(2)12-17-7-10(14)8-18-12/h5-8H,3-4,13-14H2,1-2H3. The number of aromatic nitrogens is 4. The van der Waals surface area contributed by atoms with Crippen molar-refractivity contribution >= 4 is 23.3 Å². The Morgan fingerprint density at radius 2 is 1.05 bits per heavy atom. The minimum atomic E-state index is 0.551. The zero-order chi connectivity index (χ0) is 14.5. The smallest absolute Gasteiger partial charge is 0.225 e. The van der Waals surface area contributed by atoms with Gasteiger partial charge in [-0.1, -0.05) is 0 Å². The molecule has 2 aromatic heterocycles. The molecule has 2 rings (SSSR count). The summed E-state index contributed by atoms with van der Waals surface area (Å²) in [5, 5.41) is 0. The quantitative estimate of drug-likeness (QED) is 0.784. The summed E-state index contributed by atoms with van der Waals surface area (Å²) >= 11 is 0. The van der Waals surface area contributed by atoms with Crippen molar-refractivity contribution in [3.63, 3.8) is 0 Å². The molecule has 0 bridgehead atoms. The first-order chi connectivity index (χ1) is 9.56. The van der Waals surface area contributed by atoms with Crippen LogP contribution in [0.1, 0.15) is 0 Å². The lowest BCUT2D eigenvalue weighted by Crippen LogP contribution is -2.32. The molecule has 8 heteroatoms. The Morgan fingerprint density at radius 1 is 0.750 bits per heavy atom. The van der Waals surface area contributed by atoms with E-state index in [2.05, 4.69) is 19.9 Å². The molecule has 0 amide bonds. The third-order valence-electron chi connectivity index (χ3n) is 2.77. The van der Waals surface area contributed by atoms with Crippen LogP contribution in [0.25, 0.3) is 0 Å². The Hall–Kier alpha value is -2.64. The lowest BCUT2D eigenvalue weighted by atomic mass is 10.5. The van der Waals surface area contributed by atoms with Gasteiger partial charge in [-0.3, -0.25) is 0 Å². The van der Waals surface area contributed by atoms with Crippen LogP contribution in [0.5, 0.6) is 0 Å². The van der Waals surface area contributed by atoms with Crippen LogP contribution < -0.4 is 21.3 Å². The zero-order valence-corrected chi connectivity index (χ0v) is 11.6. The van der Waals surface area contributed by atoms with Crippen LogP contribution >= 0.6 is 0 Å². The van der Waals surface area contributed by atoms with Crippen molar-refractivity contribution in [2.75, 3.05) is 48.5 Å². The normalized spacial score (nSPS) is 10.3. The molecule has 106 valence electrons. The summed E-state index contributed by atoms with van der Waals surface area (Å²) in [4.78, 5) is 20.5. The van der Waals surface area contributed by atoms with Crippen molar-refractivity contribution < 1.29 is 0 Å². The number of nitrogens with two attached hydrogens (primary N) is 2. The number of hydrogen-bond acceptors (Lipinski definition) is 8. The number of anilines is 4. The molecule has 0 radical (unpaired) electrons. The average molecular weight is 274 g/mol. The molecule has 0 saturated carbocycles. The molecule has 0 atom stereocenters. The Balaban J connectivity index is 1.91. The van der Waals surface area contributed by atoms with Gasteiger partial charge in [-0.2, -0.15) is 0 Å². The minimum Gasteiger partial charge on any atom is -0.396 e. The van der Waals surface area contributed by atoms with Crippen molar-refractivity contribution in [2.24, 2.45) is 0 Å². The van der Waals surface area contributed by atoms with Crippen molar-refractivity contribution in [3.05, 3.63) is 24.8 Å². The molecular weight excluding hydrogens is 256 g/mol. The largest absolute Gasteiger partial charge is 0.396 e. The van der Waals surface area contributed by atoms with Crippen LogP contribution in [-0.2, 0) is 0 Å². The highest BCUT2D eigenvalue weighted by molar-refractivity contribution is 5.39. The maximum absolute atomic E-state index is 5.56. The molecule has 20 heavy (non-hydrogen) atoms. The fraction of sp³-hybridized carbons (Fsp3) is 0.333. The third kappa shape index (κ3) is 3.44. The van der Waals surface area contributed by atoms with E-state index in [9.17, 15) is 0 Å². The highest BCUT2D eigenvalue weighted by Gasteiger charge is 2.08. The Bertz CT molecular complexity index is 487. The molecule has 0 spiro atoms. The van der Waals surface area contributed by atoms with Gasteiger partial charge in [-0.15, -0.1) is 0 Å². The van der Waals surface area contributed by atoms with Crippen LogP contribution in [-0.4, -0.2) is 47.1 Å². The lowest BCUT2D eigenvalue weighted by Gasteiger charge is -2.22. The van der Waals surface area contributed by atoms with Crippen LogP contribution in [0.3, 0.4) is 0 Å². The topological polar surface area (TPSA) is 110 Å². The van der Waals surface area contributed by atoms with E-state index in [1.807, 2.05) is 23.9 Å². The van der Waals surface area contributed by atoms with Gasteiger partial charge in [0.05, 0.1) is 36.2 Å². The van der Waals surface area contributed by atoms with E-state index in [4.69, 9.17) is 11.5 Å². The Kier molecular flexibility index (Phi) is 4.14. The summed E-state index contributed by atoms with van der Waals surface area (Å²) in [5.41, 5.74) is 12.2. The molecule has 2 aromatic rings. The molecule has 2 heterocycles. The van der Waals surface area contributed by atoms with Gasteiger partial charge in [0.2, 0.25) is 11.9 Å². The second-order valence-corrected chi connectivity index (χ2v) is 4.48. The van der Waals surface area contributed by atoms with Gasteiger partial charge in [0.25, 0.3) is 0 Å². The lowest BCUT2D eigenvalue weighted by molar-refractivity contribution is 0.789. The summed E-state index contributed by atoms with van der Waals surface area (Å²) in [6.07, 6.45) is 6.36. The van der Waals surface area contributed by atoms with Gasteiger partial charge in [0, 0.05) is 27.2 Å². The molecule has 0 aromatic carbocycles. The van der Waals surface area contributed by atoms with Crippen molar-refractivity contribution in [3.8, 4) is 0 Å². The third-order valence-corrected chi connectivity index (χ3v) is 2.77. The summed E-state index contributed by atoms with van der Waals surface area (Å²) < 4.78 is 0. The summed E-state index contributed by atoms with van der Waals surface area (Å²) in [6, 6.07) is 0. The molecule has 0 unspecified atom stereocenters. The highest BCUT2D eigenvalue weighted by atomic mass is 15.3. The second-order valence-electron chi connectivity index (χ2n) is 4.48. The molecule has 0 fully saturated rings. The fourth-order valence-corrected chi connectivity index (χ4v) is 1.56. The number of nitrogens with zero attached hydrogens (tertiary/aromatic N) is 6. The first-order valence-corrected chi connectivity index (χ1v) is 6.13. The van der Waals surface area contributed by atoms with E-state index in [0.717, 1.165) is 13.1 Å². The van der Waals surface area contributed by atoms with Crippen LogP contribution in [0.2, 0.25) is 0 Å². The van der Waals surface area contributed by atoms with Gasteiger partial charge in [-0.05, 0) is 0 Å². The van der Waals surface area contributed by atoms with Crippen molar-refractivity contribution in [2.45, 2.75) is 0 Å². The van der Waals surface area contributed by atoms with Gasteiger partial charge in [0.1, 0.15) is 0 Å².